The van der Waals surface area contributed by atoms with E-state index < -0.39 is 17.0 Å². The quantitative estimate of drug-likeness (QED) is 0.482. The van der Waals surface area contributed by atoms with Crippen LogP contribution in [0, 0.1) is 10.1 Å². The van der Waals surface area contributed by atoms with Crippen molar-refractivity contribution in [2.75, 3.05) is 6.61 Å². The lowest BCUT2D eigenvalue weighted by atomic mass is 10.1. The van der Waals surface area contributed by atoms with Gasteiger partial charge in [0.15, 0.2) is 0 Å². The van der Waals surface area contributed by atoms with Gasteiger partial charge in [-0.3, -0.25) is 14.9 Å². The second kappa shape index (κ2) is 7.27. The average Bonchev–Trinajstić information content (AvgIpc) is 2.37. The van der Waals surface area contributed by atoms with Crippen molar-refractivity contribution in [3.8, 4) is 0 Å². The highest BCUT2D eigenvalue weighted by Crippen LogP contribution is 2.14. The van der Waals surface area contributed by atoms with Crippen LogP contribution in [0.2, 0.25) is 0 Å². The molecule has 0 aliphatic carbocycles. The minimum absolute atomic E-state index is 0.0259. The van der Waals surface area contributed by atoms with Gasteiger partial charge in [0.2, 0.25) is 0 Å². The van der Waals surface area contributed by atoms with Crippen molar-refractivity contribution in [3.05, 3.63) is 46.0 Å². The lowest BCUT2D eigenvalue weighted by Crippen LogP contribution is -2.13. The Labute approximate surface area is 110 Å². The monoisotopic (exact) mass is 265 g/mol. The molecule has 0 aliphatic rings. The van der Waals surface area contributed by atoms with E-state index in [-0.39, 0.29) is 18.7 Å². The first-order chi connectivity index (χ1) is 9.02. The number of rotatable bonds is 6. The van der Waals surface area contributed by atoms with E-state index in [1.54, 1.807) is 19.1 Å². The van der Waals surface area contributed by atoms with E-state index in [1.165, 1.54) is 24.3 Å². The summed E-state index contributed by atoms with van der Waals surface area (Å²) in [6.45, 7) is 1.95. The molecule has 19 heavy (non-hydrogen) atoms. The number of non-ortho nitro benzene ring substituents is 1. The fourth-order valence-electron chi connectivity index (χ4n) is 1.42. The van der Waals surface area contributed by atoms with E-state index in [0.29, 0.717) is 5.56 Å². The van der Waals surface area contributed by atoms with Crippen LogP contribution in [0.4, 0.5) is 5.69 Å². The number of aliphatic hydroxyl groups excluding tert-OH is 1. The number of carbonyl (C=O) groups is 1. The predicted octanol–water partition coefficient (Wildman–Crippen LogP) is 1.92. The zero-order valence-electron chi connectivity index (χ0n) is 10.5. The third kappa shape index (κ3) is 5.31. The van der Waals surface area contributed by atoms with E-state index in [9.17, 15) is 20.0 Å². The van der Waals surface area contributed by atoms with E-state index in [2.05, 4.69) is 0 Å². The van der Waals surface area contributed by atoms with Gasteiger partial charge in [-0.1, -0.05) is 24.3 Å². The van der Waals surface area contributed by atoms with Crippen molar-refractivity contribution < 1.29 is 19.6 Å². The van der Waals surface area contributed by atoms with E-state index in [0.717, 1.165) is 0 Å². The largest absolute Gasteiger partial charge is 0.466 e. The highest BCUT2D eigenvalue weighted by molar-refractivity contribution is 5.70. The molecule has 0 aromatic heterocycles. The number of benzene rings is 1. The fraction of sp³-hybridized carbons (Fsp3) is 0.308. The predicted molar refractivity (Wildman–Crippen MR) is 69.4 cm³/mol. The van der Waals surface area contributed by atoms with Gasteiger partial charge < -0.3 is 9.84 Å². The molecule has 1 aromatic rings. The van der Waals surface area contributed by atoms with E-state index >= 15 is 0 Å². The Hall–Kier alpha value is -2.21. The first kappa shape index (κ1) is 14.8. The maximum Gasteiger partial charge on any atom is 0.308 e. The van der Waals surface area contributed by atoms with E-state index in [1.807, 2.05) is 0 Å². The summed E-state index contributed by atoms with van der Waals surface area (Å²) in [5, 5.41) is 20.1. The molecule has 1 rings (SSSR count). The standard InChI is InChI=1S/C13H15NO5/c1-2-19-13(16)9-12(15)7-6-10-4-3-5-11(8-10)14(17)18/h3-8,12,15H,2,9H2,1H3. The van der Waals surface area contributed by atoms with Crippen molar-refractivity contribution in [3.63, 3.8) is 0 Å². The second-order valence-corrected chi connectivity index (χ2v) is 3.79. The zero-order chi connectivity index (χ0) is 14.3. The van der Waals surface area contributed by atoms with Gasteiger partial charge in [0.25, 0.3) is 5.69 Å². The molecule has 0 radical (unpaired) electrons. The van der Waals surface area contributed by atoms with Gasteiger partial charge in [-0.25, -0.2) is 0 Å². The summed E-state index contributed by atoms with van der Waals surface area (Å²) in [5.41, 5.74) is 0.555. The number of aliphatic hydroxyl groups is 1. The van der Waals surface area contributed by atoms with Gasteiger partial charge in [0.05, 0.1) is 24.1 Å². The van der Waals surface area contributed by atoms with Gasteiger partial charge in [-0.15, -0.1) is 0 Å². The Morgan fingerprint density at radius 2 is 2.32 bits per heavy atom. The molecule has 1 N–H and O–H groups in total. The molecular weight excluding hydrogens is 250 g/mol. The lowest BCUT2D eigenvalue weighted by molar-refractivity contribution is -0.384. The van der Waals surface area contributed by atoms with Crippen LogP contribution in [0.25, 0.3) is 6.08 Å². The van der Waals surface area contributed by atoms with Crippen LogP contribution in [0.15, 0.2) is 30.3 Å². The number of nitro groups is 1. The van der Waals surface area contributed by atoms with Crippen LogP contribution in [-0.4, -0.2) is 28.7 Å². The van der Waals surface area contributed by atoms with Crippen molar-refractivity contribution >= 4 is 17.7 Å². The van der Waals surface area contributed by atoms with Gasteiger partial charge in [-0.2, -0.15) is 0 Å². The molecule has 1 unspecified atom stereocenters. The van der Waals surface area contributed by atoms with E-state index in [4.69, 9.17) is 4.74 Å². The number of carbonyl (C=O) groups excluding carboxylic acids is 1. The number of nitrogens with zero attached hydrogens (tertiary/aromatic N) is 1. The number of ether oxygens (including phenoxy) is 1. The Bertz CT molecular complexity index is 484. The van der Waals surface area contributed by atoms with Crippen molar-refractivity contribution in [1.29, 1.82) is 0 Å². The number of hydrogen-bond acceptors (Lipinski definition) is 5. The summed E-state index contributed by atoms with van der Waals surface area (Å²) in [7, 11) is 0. The van der Waals surface area contributed by atoms with Gasteiger partial charge in [0.1, 0.15) is 0 Å². The summed E-state index contributed by atoms with van der Waals surface area (Å²) in [6, 6.07) is 5.98. The molecule has 102 valence electrons. The Morgan fingerprint density at radius 3 is 2.95 bits per heavy atom. The van der Waals surface area contributed by atoms with Gasteiger partial charge in [0, 0.05) is 12.1 Å². The normalized spacial score (nSPS) is 12.3. The van der Waals surface area contributed by atoms with Crippen LogP contribution >= 0.6 is 0 Å². The Morgan fingerprint density at radius 1 is 1.58 bits per heavy atom. The third-order valence-corrected chi connectivity index (χ3v) is 2.27. The topological polar surface area (TPSA) is 89.7 Å². The minimum atomic E-state index is -0.974. The summed E-state index contributed by atoms with van der Waals surface area (Å²) < 4.78 is 4.69. The molecular formula is C13H15NO5. The fourth-order valence-corrected chi connectivity index (χ4v) is 1.42. The molecule has 0 bridgehead atoms. The van der Waals surface area contributed by atoms with Crippen LogP contribution in [0.5, 0.6) is 0 Å². The van der Waals surface area contributed by atoms with Crippen LogP contribution in [0.3, 0.4) is 0 Å². The summed E-state index contributed by atoms with van der Waals surface area (Å²) in [5.74, 6) is -0.487. The molecule has 0 aliphatic heterocycles. The second-order valence-electron chi connectivity index (χ2n) is 3.79. The maximum atomic E-state index is 11.1. The molecule has 0 saturated heterocycles. The minimum Gasteiger partial charge on any atom is -0.466 e. The highest BCUT2D eigenvalue weighted by Gasteiger charge is 2.08. The average molecular weight is 265 g/mol. The number of esters is 1. The smallest absolute Gasteiger partial charge is 0.308 e. The van der Waals surface area contributed by atoms with Crippen LogP contribution in [0.1, 0.15) is 18.9 Å². The zero-order valence-corrected chi connectivity index (χ0v) is 10.5. The number of nitro benzene ring substituents is 1. The first-order valence-electron chi connectivity index (χ1n) is 5.79. The van der Waals surface area contributed by atoms with Crippen molar-refractivity contribution in [2.24, 2.45) is 0 Å². The van der Waals surface area contributed by atoms with Crippen LogP contribution < -0.4 is 0 Å². The third-order valence-electron chi connectivity index (χ3n) is 2.27. The molecule has 0 saturated carbocycles. The Balaban J connectivity index is 2.63. The molecule has 0 heterocycles. The van der Waals surface area contributed by atoms with Crippen molar-refractivity contribution in [2.45, 2.75) is 19.4 Å². The van der Waals surface area contributed by atoms with Crippen LogP contribution in [-0.2, 0) is 9.53 Å². The molecule has 6 heteroatoms. The molecule has 0 amide bonds. The molecule has 0 spiro atoms. The summed E-state index contributed by atoms with van der Waals surface area (Å²) in [4.78, 5) is 21.2. The van der Waals surface area contributed by atoms with Gasteiger partial charge in [-0.05, 0) is 12.5 Å². The molecule has 0 fully saturated rings. The molecule has 1 atom stereocenters. The Kier molecular flexibility index (Phi) is 5.69. The van der Waals surface area contributed by atoms with Crippen molar-refractivity contribution in [1.82, 2.24) is 0 Å². The molecule has 6 nitrogen and oxygen atoms in total. The van der Waals surface area contributed by atoms with Gasteiger partial charge >= 0.3 is 5.97 Å². The lowest BCUT2D eigenvalue weighted by Gasteiger charge is -2.04. The molecule has 1 aromatic carbocycles. The SMILES string of the molecule is CCOC(=O)CC(O)C=Cc1cccc([N+](=O)[O-])c1. The highest BCUT2D eigenvalue weighted by atomic mass is 16.6. The maximum absolute atomic E-state index is 11.1. The number of hydrogen-bond donors (Lipinski definition) is 1. The summed E-state index contributed by atoms with van der Waals surface area (Å²) >= 11 is 0. The first-order valence-corrected chi connectivity index (χ1v) is 5.79. The summed E-state index contributed by atoms with van der Waals surface area (Å²) in [6.07, 6.45) is 1.81.